The predicted molar refractivity (Wildman–Crippen MR) is 44.3 cm³/mol. The van der Waals surface area contributed by atoms with Gasteiger partial charge >= 0.3 is 5.97 Å². The number of carbonyl (C=O) groups excluding carboxylic acids is 1. The van der Waals surface area contributed by atoms with Gasteiger partial charge < -0.3 is 9.84 Å². The van der Waals surface area contributed by atoms with Crippen LogP contribution in [0, 0.1) is 0 Å². The van der Waals surface area contributed by atoms with Crippen LogP contribution in [0.1, 0.15) is 34.1 Å². The van der Waals surface area contributed by atoms with Crippen LogP contribution in [-0.4, -0.2) is 23.8 Å². The number of esters is 1. The summed E-state index contributed by atoms with van der Waals surface area (Å²) in [6, 6.07) is 0. The molecule has 3 heteroatoms. The van der Waals surface area contributed by atoms with Crippen LogP contribution in [0.4, 0.5) is 0 Å². The molecule has 0 aliphatic heterocycles. The number of hydrogen-bond donors (Lipinski definition) is 1. The monoisotopic (exact) mass is 162 g/mol. The minimum atomic E-state index is -0.213. The summed E-state index contributed by atoms with van der Waals surface area (Å²) in [6.45, 7) is 7.29. The molecule has 0 fully saturated rings. The third-order valence-corrected chi connectivity index (χ3v) is 0.625. The van der Waals surface area contributed by atoms with E-state index in [0.717, 1.165) is 6.42 Å². The molecule has 0 rings (SSSR count). The summed E-state index contributed by atoms with van der Waals surface area (Å²) in [6.07, 6.45) is 0.900. The highest BCUT2D eigenvalue weighted by Gasteiger charge is 1.93. The first-order chi connectivity index (χ1) is 5.04. The van der Waals surface area contributed by atoms with E-state index in [1.165, 1.54) is 6.92 Å². The SMILES string of the molecule is CC(=O)OC(C)C.CCCO. The summed E-state index contributed by atoms with van der Waals surface area (Å²) < 4.78 is 4.61. The van der Waals surface area contributed by atoms with Gasteiger partial charge in [-0.05, 0) is 20.3 Å². The smallest absolute Gasteiger partial charge is 0.302 e. The summed E-state index contributed by atoms with van der Waals surface area (Å²) in [5, 5.41) is 7.88. The molecular weight excluding hydrogens is 144 g/mol. The first kappa shape index (κ1) is 13.1. The van der Waals surface area contributed by atoms with Crippen molar-refractivity contribution in [1.29, 1.82) is 0 Å². The van der Waals surface area contributed by atoms with Crippen molar-refractivity contribution < 1.29 is 14.6 Å². The molecule has 11 heavy (non-hydrogen) atoms. The molecule has 0 heterocycles. The summed E-state index contributed by atoms with van der Waals surface area (Å²) in [4.78, 5) is 10.0. The van der Waals surface area contributed by atoms with E-state index in [-0.39, 0.29) is 12.1 Å². The van der Waals surface area contributed by atoms with Crippen molar-refractivity contribution in [3.63, 3.8) is 0 Å². The molecule has 0 atom stereocenters. The quantitative estimate of drug-likeness (QED) is 0.623. The first-order valence-electron chi connectivity index (χ1n) is 3.82. The number of ether oxygens (including phenoxy) is 1. The average Bonchev–Trinajstić information content (AvgIpc) is 1.85. The molecule has 0 spiro atoms. The van der Waals surface area contributed by atoms with Crippen LogP contribution >= 0.6 is 0 Å². The van der Waals surface area contributed by atoms with Crippen LogP contribution in [0.2, 0.25) is 0 Å². The van der Waals surface area contributed by atoms with E-state index in [4.69, 9.17) is 5.11 Å². The van der Waals surface area contributed by atoms with Crippen molar-refractivity contribution in [2.45, 2.75) is 40.2 Å². The van der Waals surface area contributed by atoms with Gasteiger partial charge in [0.15, 0.2) is 0 Å². The minimum Gasteiger partial charge on any atom is -0.463 e. The van der Waals surface area contributed by atoms with Gasteiger partial charge in [0.2, 0.25) is 0 Å². The highest BCUT2D eigenvalue weighted by molar-refractivity contribution is 5.66. The first-order valence-corrected chi connectivity index (χ1v) is 3.82. The zero-order chi connectivity index (χ0) is 9.28. The maximum atomic E-state index is 10.0. The lowest BCUT2D eigenvalue weighted by Crippen LogP contribution is -2.06. The third kappa shape index (κ3) is 26.5. The average molecular weight is 162 g/mol. The van der Waals surface area contributed by atoms with Gasteiger partial charge in [-0.3, -0.25) is 4.79 Å². The molecule has 0 amide bonds. The Morgan fingerprint density at radius 2 is 1.91 bits per heavy atom. The number of hydrogen-bond acceptors (Lipinski definition) is 3. The van der Waals surface area contributed by atoms with E-state index in [1.54, 1.807) is 0 Å². The molecule has 0 unspecified atom stereocenters. The second-order valence-corrected chi connectivity index (χ2v) is 2.38. The Labute approximate surface area is 68.4 Å². The van der Waals surface area contributed by atoms with Crippen molar-refractivity contribution in [2.75, 3.05) is 6.61 Å². The normalized spacial score (nSPS) is 8.55. The maximum Gasteiger partial charge on any atom is 0.302 e. The van der Waals surface area contributed by atoms with Crippen LogP contribution in [0.15, 0.2) is 0 Å². The second kappa shape index (κ2) is 9.43. The molecule has 0 aliphatic rings. The molecule has 0 aromatic carbocycles. The molecule has 0 saturated heterocycles. The summed E-state index contributed by atoms with van der Waals surface area (Å²) in [7, 11) is 0. The van der Waals surface area contributed by atoms with E-state index < -0.39 is 0 Å². The lowest BCUT2D eigenvalue weighted by atomic mass is 10.5. The molecule has 0 radical (unpaired) electrons. The van der Waals surface area contributed by atoms with Crippen LogP contribution in [-0.2, 0) is 9.53 Å². The van der Waals surface area contributed by atoms with Gasteiger partial charge in [0.1, 0.15) is 0 Å². The Morgan fingerprint density at radius 3 is 1.91 bits per heavy atom. The van der Waals surface area contributed by atoms with Crippen LogP contribution in [0.25, 0.3) is 0 Å². The summed E-state index contributed by atoms with van der Waals surface area (Å²) in [5.41, 5.74) is 0. The fourth-order valence-corrected chi connectivity index (χ4v) is 0.332. The van der Waals surface area contributed by atoms with Gasteiger partial charge in [-0.15, -0.1) is 0 Å². The third-order valence-electron chi connectivity index (χ3n) is 0.625. The van der Waals surface area contributed by atoms with E-state index >= 15 is 0 Å². The highest BCUT2D eigenvalue weighted by atomic mass is 16.5. The Morgan fingerprint density at radius 1 is 1.55 bits per heavy atom. The fraction of sp³-hybridized carbons (Fsp3) is 0.875. The number of aliphatic hydroxyl groups excluding tert-OH is 1. The van der Waals surface area contributed by atoms with Crippen molar-refractivity contribution in [1.82, 2.24) is 0 Å². The number of carbonyl (C=O) groups is 1. The van der Waals surface area contributed by atoms with Gasteiger partial charge in [0.05, 0.1) is 6.10 Å². The fourth-order valence-electron chi connectivity index (χ4n) is 0.332. The van der Waals surface area contributed by atoms with Crippen LogP contribution < -0.4 is 0 Å². The minimum absolute atomic E-state index is 0.0255. The molecule has 0 bridgehead atoms. The van der Waals surface area contributed by atoms with Crippen molar-refractivity contribution in [2.24, 2.45) is 0 Å². The maximum absolute atomic E-state index is 10.0. The molecule has 68 valence electrons. The largest absolute Gasteiger partial charge is 0.463 e. The molecule has 0 saturated carbocycles. The number of aliphatic hydroxyl groups is 1. The van der Waals surface area contributed by atoms with Crippen molar-refractivity contribution in [3.8, 4) is 0 Å². The molecule has 0 aromatic heterocycles. The van der Waals surface area contributed by atoms with Crippen LogP contribution in [0.5, 0.6) is 0 Å². The van der Waals surface area contributed by atoms with Crippen molar-refractivity contribution >= 4 is 5.97 Å². The molecular formula is C8H18O3. The Balaban J connectivity index is 0. The van der Waals surface area contributed by atoms with E-state index in [0.29, 0.717) is 6.61 Å². The van der Waals surface area contributed by atoms with E-state index in [1.807, 2.05) is 20.8 Å². The Bertz CT molecular complexity index is 87.3. The van der Waals surface area contributed by atoms with Gasteiger partial charge in [-0.25, -0.2) is 0 Å². The highest BCUT2D eigenvalue weighted by Crippen LogP contribution is 1.85. The molecule has 0 aromatic rings. The van der Waals surface area contributed by atoms with Gasteiger partial charge in [-0.1, -0.05) is 6.92 Å². The zero-order valence-electron chi connectivity index (χ0n) is 7.76. The van der Waals surface area contributed by atoms with Gasteiger partial charge in [0.25, 0.3) is 0 Å². The zero-order valence-corrected chi connectivity index (χ0v) is 7.76. The van der Waals surface area contributed by atoms with E-state index in [9.17, 15) is 4.79 Å². The van der Waals surface area contributed by atoms with E-state index in [2.05, 4.69) is 4.74 Å². The van der Waals surface area contributed by atoms with Gasteiger partial charge in [0, 0.05) is 13.5 Å². The Kier molecular flexibility index (Phi) is 11.2. The summed E-state index contributed by atoms with van der Waals surface area (Å²) >= 11 is 0. The second-order valence-electron chi connectivity index (χ2n) is 2.38. The standard InChI is InChI=1S/C5H10O2.C3H8O/c1-4(2)7-5(3)6;1-2-3-4/h4H,1-3H3;4H,2-3H2,1H3. The van der Waals surface area contributed by atoms with Crippen LogP contribution in [0.3, 0.4) is 0 Å². The number of rotatable bonds is 2. The summed E-state index contributed by atoms with van der Waals surface area (Å²) in [5.74, 6) is -0.213. The lowest BCUT2D eigenvalue weighted by molar-refractivity contribution is -0.144. The molecule has 3 nitrogen and oxygen atoms in total. The molecule has 0 aliphatic carbocycles. The topological polar surface area (TPSA) is 46.5 Å². The molecule has 1 N–H and O–H groups in total. The lowest BCUT2D eigenvalue weighted by Gasteiger charge is -2.01. The Hall–Kier alpha value is -0.570. The van der Waals surface area contributed by atoms with Crippen molar-refractivity contribution in [3.05, 3.63) is 0 Å². The predicted octanol–water partition coefficient (Wildman–Crippen LogP) is 1.35. The van der Waals surface area contributed by atoms with Gasteiger partial charge in [-0.2, -0.15) is 0 Å².